The number of anilines is 3. The first kappa shape index (κ1) is 14.9. The van der Waals surface area contributed by atoms with E-state index in [9.17, 15) is 0 Å². The number of hydrogen-bond donors (Lipinski definition) is 2. The van der Waals surface area contributed by atoms with Crippen LogP contribution in [0.2, 0.25) is 5.02 Å². The minimum Gasteiger partial charge on any atom is -0.497 e. The Bertz CT molecular complexity index is 609. The number of ether oxygens (including phenoxy) is 1. The van der Waals surface area contributed by atoms with E-state index >= 15 is 0 Å². The van der Waals surface area contributed by atoms with Gasteiger partial charge in [0.25, 0.3) is 0 Å². The number of nitrogens with one attached hydrogen (secondary N) is 2. The molecule has 0 fully saturated rings. The van der Waals surface area contributed by atoms with E-state index in [1.807, 2.05) is 25.1 Å². The maximum atomic E-state index is 6.11. The van der Waals surface area contributed by atoms with Gasteiger partial charge in [0, 0.05) is 17.1 Å². The molecule has 0 unspecified atom stereocenters. The van der Waals surface area contributed by atoms with Gasteiger partial charge in [-0.2, -0.15) is 4.98 Å². The van der Waals surface area contributed by atoms with Gasteiger partial charge in [0.1, 0.15) is 10.8 Å². The molecule has 0 radical (unpaired) electrons. The van der Waals surface area contributed by atoms with Crippen molar-refractivity contribution in [3.05, 3.63) is 33.9 Å². The summed E-state index contributed by atoms with van der Waals surface area (Å²) in [6.45, 7) is 2.72. The summed E-state index contributed by atoms with van der Waals surface area (Å²) in [5.41, 5.74) is 0.812. The summed E-state index contributed by atoms with van der Waals surface area (Å²) in [7, 11) is 1.62. The van der Waals surface area contributed by atoms with Crippen LogP contribution in [0.1, 0.15) is 6.92 Å². The zero-order valence-corrected chi connectivity index (χ0v) is 13.4. The highest BCUT2D eigenvalue weighted by atomic mass is 79.9. The average Bonchev–Trinajstić information content (AvgIpc) is 2.45. The van der Waals surface area contributed by atoms with E-state index in [1.54, 1.807) is 13.3 Å². The highest BCUT2D eigenvalue weighted by molar-refractivity contribution is 9.10. The summed E-state index contributed by atoms with van der Waals surface area (Å²) in [5.74, 6) is 1.80. The van der Waals surface area contributed by atoms with Crippen molar-refractivity contribution in [2.24, 2.45) is 0 Å². The van der Waals surface area contributed by atoms with Gasteiger partial charge in [-0.3, -0.25) is 0 Å². The van der Waals surface area contributed by atoms with Crippen LogP contribution < -0.4 is 15.4 Å². The molecule has 0 saturated heterocycles. The third-order valence-electron chi connectivity index (χ3n) is 2.51. The Labute approximate surface area is 130 Å². The van der Waals surface area contributed by atoms with Crippen molar-refractivity contribution in [1.82, 2.24) is 9.97 Å². The van der Waals surface area contributed by atoms with Crippen LogP contribution in [0.25, 0.3) is 0 Å². The lowest BCUT2D eigenvalue weighted by Crippen LogP contribution is -2.04. The number of hydrogen-bond acceptors (Lipinski definition) is 5. The van der Waals surface area contributed by atoms with Gasteiger partial charge in [0.15, 0.2) is 5.82 Å². The van der Waals surface area contributed by atoms with Crippen LogP contribution in [0.15, 0.2) is 28.9 Å². The molecule has 1 aromatic carbocycles. The summed E-state index contributed by atoms with van der Waals surface area (Å²) in [4.78, 5) is 8.42. The molecular formula is C13H14BrClN4O. The highest BCUT2D eigenvalue weighted by Crippen LogP contribution is 2.31. The normalized spacial score (nSPS) is 10.2. The van der Waals surface area contributed by atoms with Crippen LogP contribution in [0.3, 0.4) is 0 Å². The zero-order chi connectivity index (χ0) is 14.5. The van der Waals surface area contributed by atoms with Crippen molar-refractivity contribution in [3.63, 3.8) is 0 Å². The summed E-state index contributed by atoms with van der Waals surface area (Å²) < 4.78 is 6.09. The van der Waals surface area contributed by atoms with Crippen LogP contribution in [0, 0.1) is 0 Å². The Morgan fingerprint density at radius 3 is 2.90 bits per heavy atom. The fourth-order valence-corrected chi connectivity index (χ4v) is 2.04. The quantitative estimate of drug-likeness (QED) is 0.844. The smallest absolute Gasteiger partial charge is 0.224 e. The molecule has 5 nitrogen and oxygen atoms in total. The first-order chi connectivity index (χ1) is 9.63. The Kier molecular flexibility index (Phi) is 5.03. The molecule has 7 heteroatoms. The van der Waals surface area contributed by atoms with Gasteiger partial charge in [-0.05, 0) is 35.0 Å². The van der Waals surface area contributed by atoms with Gasteiger partial charge in [-0.25, -0.2) is 4.98 Å². The predicted molar refractivity (Wildman–Crippen MR) is 85.2 cm³/mol. The molecule has 0 saturated carbocycles. The highest BCUT2D eigenvalue weighted by Gasteiger charge is 2.08. The van der Waals surface area contributed by atoms with E-state index in [0.29, 0.717) is 16.8 Å². The first-order valence-electron chi connectivity index (χ1n) is 6.01. The Balaban J connectivity index is 2.31. The third-order valence-corrected chi connectivity index (χ3v) is 3.47. The number of aromatic nitrogens is 2. The molecule has 0 aliphatic carbocycles. The van der Waals surface area contributed by atoms with Gasteiger partial charge in [0.05, 0.1) is 19.0 Å². The number of halogens is 2. The maximum Gasteiger partial charge on any atom is 0.224 e. The largest absolute Gasteiger partial charge is 0.497 e. The average molecular weight is 358 g/mol. The lowest BCUT2D eigenvalue weighted by molar-refractivity contribution is 0.415. The minimum atomic E-state index is 0.446. The van der Waals surface area contributed by atoms with E-state index in [0.717, 1.165) is 22.5 Å². The molecule has 106 valence electrons. The number of methoxy groups -OCH3 is 1. The van der Waals surface area contributed by atoms with E-state index in [4.69, 9.17) is 16.3 Å². The maximum absolute atomic E-state index is 6.11. The van der Waals surface area contributed by atoms with E-state index in [2.05, 4.69) is 36.5 Å². The zero-order valence-electron chi connectivity index (χ0n) is 11.1. The monoisotopic (exact) mass is 356 g/mol. The number of nitrogens with zero attached hydrogens (tertiary/aromatic N) is 2. The van der Waals surface area contributed by atoms with Crippen molar-refractivity contribution in [1.29, 1.82) is 0 Å². The van der Waals surface area contributed by atoms with Crippen molar-refractivity contribution in [2.45, 2.75) is 6.92 Å². The van der Waals surface area contributed by atoms with Crippen LogP contribution in [0.5, 0.6) is 5.75 Å². The number of benzene rings is 1. The lowest BCUT2D eigenvalue weighted by Gasteiger charge is -2.12. The molecule has 2 aromatic rings. The molecular weight excluding hydrogens is 344 g/mol. The second-order valence-electron chi connectivity index (χ2n) is 3.89. The van der Waals surface area contributed by atoms with Gasteiger partial charge in [0.2, 0.25) is 5.95 Å². The molecule has 0 amide bonds. The van der Waals surface area contributed by atoms with Crippen LogP contribution in [-0.4, -0.2) is 23.6 Å². The van der Waals surface area contributed by atoms with Crippen molar-refractivity contribution in [3.8, 4) is 5.75 Å². The fourth-order valence-electron chi connectivity index (χ4n) is 1.55. The predicted octanol–water partition coefficient (Wildman–Crippen LogP) is 4.08. The molecule has 0 bridgehead atoms. The summed E-state index contributed by atoms with van der Waals surface area (Å²) in [6, 6.07) is 5.61. The molecule has 2 N–H and O–H groups in total. The second kappa shape index (κ2) is 6.76. The van der Waals surface area contributed by atoms with Gasteiger partial charge >= 0.3 is 0 Å². The van der Waals surface area contributed by atoms with Crippen LogP contribution >= 0.6 is 27.5 Å². The molecule has 2 rings (SSSR count). The lowest BCUT2D eigenvalue weighted by atomic mass is 10.3. The van der Waals surface area contributed by atoms with E-state index in [1.165, 1.54) is 0 Å². The molecule has 20 heavy (non-hydrogen) atoms. The molecule has 0 atom stereocenters. The minimum absolute atomic E-state index is 0.446. The number of rotatable bonds is 5. The van der Waals surface area contributed by atoms with Crippen LogP contribution in [-0.2, 0) is 0 Å². The molecule has 0 spiro atoms. The van der Waals surface area contributed by atoms with Gasteiger partial charge in [-0.1, -0.05) is 11.6 Å². The van der Waals surface area contributed by atoms with Crippen LogP contribution in [0.4, 0.5) is 17.5 Å². The second-order valence-corrected chi connectivity index (χ2v) is 5.15. The molecule has 0 aliphatic heterocycles. The first-order valence-corrected chi connectivity index (χ1v) is 7.18. The van der Waals surface area contributed by atoms with Crippen molar-refractivity contribution >= 4 is 45.0 Å². The SMILES string of the molecule is CCNc1ncc(Cl)c(Nc2cc(OC)ccc2Br)n1. The Morgan fingerprint density at radius 2 is 2.20 bits per heavy atom. The fraction of sp³-hybridized carbons (Fsp3) is 0.231. The van der Waals surface area contributed by atoms with Gasteiger partial charge in [-0.15, -0.1) is 0 Å². The topological polar surface area (TPSA) is 59.1 Å². The summed E-state index contributed by atoms with van der Waals surface area (Å²) in [6.07, 6.45) is 1.56. The van der Waals surface area contributed by atoms with E-state index < -0.39 is 0 Å². The Morgan fingerprint density at radius 1 is 1.40 bits per heavy atom. The van der Waals surface area contributed by atoms with Crippen molar-refractivity contribution in [2.75, 3.05) is 24.3 Å². The van der Waals surface area contributed by atoms with E-state index in [-0.39, 0.29) is 0 Å². The molecule has 1 heterocycles. The van der Waals surface area contributed by atoms with Gasteiger partial charge < -0.3 is 15.4 Å². The summed E-state index contributed by atoms with van der Waals surface area (Å²) in [5, 5.41) is 6.65. The molecule has 0 aliphatic rings. The third kappa shape index (κ3) is 3.52. The summed E-state index contributed by atoms with van der Waals surface area (Å²) >= 11 is 9.58. The molecule has 1 aromatic heterocycles. The van der Waals surface area contributed by atoms with Crippen molar-refractivity contribution < 1.29 is 4.74 Å². The Hall–Kier alpha value is -1.53. The standard InChI is InChI=1S/C13H14BrClN4O/c1-3-16-13-17-7-10(15)12(19-13)18-11-6-8(20-2)4-5-9(11)14/h4-7H,3H2,1-2H3,(H2,16,17,18,19).